The molecule has 1 aliphatic carbocycles. The molecule has 1 radical (unpaired) electrons. The molecule has 4 atom stereocenters. The Labute approximate surface area is 212 Å². The van der Waals surface area contributed by atoms with Gasteiger partial charge in [0.25, 0.3) is 0 Å². The van der Waals surface area contributed by atoms with Crippen molar-refractivity contribution in [1.29, 1.82) is 0 Å². The Bertz CT molecular complexity index is 987. The van der Waals surface area contributed by atoms with Crippen molar-refractivity contribution in [2.75, 3.05) is 0 Å². The van der Waals surface area contributed by atoms with E-state index in [-0.39, 0.29) is 47.5 Å². The molecular weight excluding hydrogens is 464 g/mol. The lowest BCUT2D eigenvalue weighted by Gasteiger charge is -2.27. The van der Waals surface area contributed by atoms with E-state index in [1.165, 1.54) is 37.1 Å². The van der Waals surface area contributed by atoms with Crippen LogP contribution in [0.5, 0.6) is 11.5 Å². The maximum atomic E-state index is 11.3. The number of carbonyl (C=O) groups excluding carboxylic acids is 3. The maximum absolute atomic E-state index is 11.3. The first-order valence-electron chi connectivity index (χ1n) is 12.3. The van der Waals surface area contributed by atoms with E-state index >= 15 is 0 Å². The van der Waals surface area contributed by atoms with E-state index in [0.717, 1.165) is 25.7 Å². The van der Waals surface area contributed by atoms with Crippen molar-refractivity contribution in [3.63, 3.8) is 0 Å². The summed E-state index contributed by atoms with van der Waals surface area (Å²) in [5.74, 6) is -0.179. The van der Waals surface area contributed by atoms with E-state index < -0.39 is 5.97 Å². The second-order valence-corrected chi connectivity index (χ2v) is 9.65. The molecule has 4 fully saturated rings. The number of benzene rings is 1. The zero-order valence-corrected chi connectivity index (χ0v) is 21.2. The number of carbonyl (C=O) groups is 3. The maximum Gasteiger partial charge on any atom is 0.338 e. The third kappa shape index (κ3) is 6.75. The summed E-state index contributed by atoms with van der Waals surface area (Å²) in [6, 6.07) is 5.91. The van der Waals surface area contributed by atoms with Crippen LogP contribution in [-0.4, -0.2) is 46.9 Å². The molecule has 0 amide bonds. The standard InChI is InChI=1S/C11H18O2.C10H10O3.C7H7O3/c1-4-11(7-5-6-8-11)13-10(12)9(2)3;1-7(2)10(12)13-9-5-3-8(11)4-6-9;8-7-4-1-3-2-5(10-7)6(4)9-3/h2,4-8H2,1,3H3;3-6,11H,1H2,2H3;2-6H,1H2. The fourth-order valence-electron chi connectivity index (χ4n) is 4.59. The van der Waals surface area contributed by atoms with Gasteiger partial charge in [0.1, 0.15) is 29.3 Å². The van der Waals surface area contributed by atoms with E-state index in [1.54, 1.807) is 13.8 Å². The van der Waals surface area contributed by atoms with Gasteiger partial charge in [-0.05, 0) is 76.6 Å². The summed E-state index contributed by atoms with van der Waals surface area (Å²) in [6.45, 7) is 12.4. The van der Waals surface area contributed by atoms with Crippen molar-refractivity contribution in [2.24, 2.45) is 5.92 Å². The highest BCUT2D eigenvalue weighted by Crippen LogP contribution is 2.45. The van der Waals surface area contributed by atoms with E-state index in [9.17, 15) is 14.4 Å². The van der Waals surface area contributed by atoms with E-state index in [4.69, 9.17) is 24.1 Å². The second kappa shape index (κ2) is 11.7. The summed E-state index contributed by atoms with van der Waals surface area (Å²) >= 11 is 0. The smallest absolute Gasteiger partial charge is 0.338 e. The largest absolute Gasteiger partial charge is 0.508 e. The molecular formula is C28H35O8. The van der Waals surface area contributed by atoms with Crippen LogP contribution in [0.1, 0.15) is 59.3 Å². The number of hydrogen-bond donors (Lipinski definition) is 1. The first-order chi connectivity index (χ1) is 17.0. The summed E-state index contributed by atoms with van der Waals surface area (Å²) < 4.78 is 20.8. The summed E-state index contributed by atoms with van der Waals surface area (Å²) in [7, 11) is 0. The predicted molar refractivity (Wildman–Crippen MR) is 132 cm³/mol. The van der Waals surface area contributed by atoms with Crippen LogP contribution in [0.25, 0.3) is 0 Å². The molecule has 8 heteroatoms. The van der Waals surface area contributed by atoms with Gasteiger partial charge < -0.3 is 24.1 Å². The summed E-state index contributed by atoms with van der Waals surface area (Å²) in [4.78, 5) is 33.3. The average Bonchev–Trinajstić information content (AvgIpc) is 3.59. The molecule has 1 aromatic carbocycles. The van der Waals surface area contributed by atoms with Gasteiger partial charge in [-0.2, -0.15) is 0 Å². The molecule has 3 aliphatic heterocycles. The Balaban J connectivity index is 0.000000151. The van der Waals surface area contributed by atoms with E-state index in [2.05, 4.69) is 20.1 Å². The minimum absolute atomic E-state index is 0.0174. The van der Waals surface area contributed by atoms with Crippen LogP contribution >= 0.6 is 0 Å². The molecule has 4 unspecified atom stereocenters. The predicted octanol–water partition coefficient (Wildman–Crippen LogP) is 4.61. The lowest BCUT2D eigenvalue weighted by Crippen LogP contribution is -2.31. The molecule has 0 aromatic heterocycles. The Hall–Kier alpha value is -3.13. The summed E-state index contributed by atoms with van der Waals surface area (Å²) in [6.07, 6.45) is 8.40. The number of rotatable bonds is 5. The van der Waals surface area contributed by atoms with Crippen LogP contribution in [-0.2, 0) is 28.6 Å². The minimum atomic E-state index is -0.467. The second-order valence-electron chi connectivity index (χ2n) is 9.65. The molecule has 0 spiro atoms. The van der Waals surface area contributed by atoms with Crippen LogP contribution in [0.3, 0.4) is 0 Å². The number of phenols is 1. The van der Waals surface area contributed by atoms with E-state index in [1.807, 2.05) is 6.42 Å². The lowest BCUT2D eigenvalue weighted by atomic mass is 9.90. The highest BCUT2D eigenvalue weighted by atomic mass is 16.6. The highest BCUT2D eigenvalue weighted by Gasteiger charge is 2.58. The van der Waals surface area contributed by atoms with Crippen molar-refractivity contribution < 1.29 is 38.4 Å². The van der Waals surface area contributed by atoms with Crippen molar-refractivity contribution >= 4 is 17.9 Å². The van der Waals surface area contributed by atoms with Crippen molar-refractivity contribution in [2.45, 2.75) is 83.2 Å². The Morgan fingerprint density at radius 1 is 1.08 bits per heavy atom. The van der Waals surface area contributed by atoms with Crippen molar-refractivity contribution in [3.05, 3.63) is 55.0 Å². The Morgan fingerprint density at radius 2 is 1.69 bits per heavy atom. The number of phenolic OH excluding ortho intramolecular Hbond substituents is 1. The van der Waals surface area contributed by atoms with Crippen LogP contribution < -0.4 is 4.74 Å². The monoisotopic (exact) mass is 499 g/mol. The van der Waals surface area contributed by atoms with Gasteiger partial charge in [0.05, 0.1) is 12.0 Å². The molecule has 3 saturated heterocycles. The summed E-state index contributed by atoms with van der Waals surface area (Å²) in [5, 5.41) is 8.94. The first-order valence-corrected chi connectivity index (χ1v) is 12.3. The lowest BCUT2D eigenvalue weighted by molar-refractivity contribution is -0.154. The normalized spacial score (nSPS) is 26.0. The number of ether oxygens (including phenoxy) is 4. The molecule has 8 nitrogen and oxygen atoms in total. The fraction of sp³-hybridized carbons (Fsp3) is 0.500. The Kier molecular flexibility index (Phi) is 8.95. The number of esters is 3. The molecule has 195 valence electrons. The third-order valence-electron chi connectivity index (χ3n) is 6.71. The molecule has 3 heterocycles. The van der Waals surface area contributed by atoms with Gasteiger partial charge in [0.15, 0.2) is 0 Å². The number of fused-ring (bicyclic) bond motifs is 1. The number of aromatic hydroxyl groups is 1. The molecule has 5 rings (SSSR count). The zero-order chi connectivity index (χ0) is 26.5. The molecule has 1 aromatic rings. The van der Waals surface area contributed by atoms with Crippen LogP contribution in [0, 0.1) is 12.3 Å². The van der Waals surface area contributed by atoms with Gasteiger partial charge in [-0.25, -0.2) is 9.59 Å². The average molecular weight is 500 g/mol. The first kappa shape index (κ1) is 27.5. The SMILES string of the molecule is C=C(C)C(=O)OC1(CC)CCCC1.C=C(C)C(=O)Oc1ccc(O)cc1.O=C1OC2[CH]C3CC1C2O3. The van der Waals surface area contributed by atoms with Crippen molar-refractivity contribution in [3.8, 4) is 11.5 Å². The van der Waals surface area contributed by atoms with Gasteiger partial charge in [-0.1, -0.05) is 20.1 Å². The third-order valence-corrected chi connectivity index (χ3v) is 6.71. The molecule has 4 aliphatic rings. The fourth-order valence-corrected chi connectivity index (χ4v) is 4.59. The molecule has 36 heavy (non-hydrogen) atoms. The topological polar surface area (TPSA) is 108 Å². The van der Waals surface area contributed by atoms with Gasteiger partial charge >= 0.3 is 17.9 Å². The molecule has 1 saturated carbocycles. The van der Waals surface area contributed by atoms with Crippen LogP contribution in [0.15, 0.2) is 48.6 Å². The van der Waals surface area contributed by atoms with Crippen LogP contribution in [0.4, 0.5) is 0 Å². The van der Waals surface area contributed by atoms with Gasteiger partial charge in [-0.3, -0.25) is 4.79 Å². The van der Waals surface area contributed by atoms with Gasteiger partial charge in [-0.15, -0.1) is 0 Å². The molecule has 2 bridgehead atoms. The quantitative estimate of drug-likeness (QED) is 0.356. The van der Waals surface area contributed by atoms with Crippen molar-refractivity contribution in [1.82, 2.24) is 0 Å². The van der Waals surface area contributed by atoms with E-state index in [0.29, 0.717) is 16.9 Å². The zero-order valence-electron chi connectivity index (χ0n) is 21.2. The van der Waals surface area contributed by atoms with Gasteiger partial charge in [0.2, 0.25) is 0 Å². The highest BCUT2D eigenvalue weighted by molar-refractivity contribution is 5.88. The minimum Gasteiger partial charge on any atom is -0.508 e. The van der Waals surface area contributed by atoms with Gasteiger partial charge in [0, 0.05) is 17.6 Å². The molecule has 1 N–H and O–H groups in total. The summed E-state index contributed by atoms with van der Waals surface area (Å²) in [5.41, 5.74) is 0.670. The van der Waals surface area contributed by atoms with Crippen LogP contribution in [0.2, 0.25) is 0 Å². The number of hydrogen-bond acceptors (Lipinski definition) is 8. The Morgan fingerprint density at radius 3 is 2.17 bits per heavy atom.